The fourth-order valence-electron chi connectivity index (χ4n) is 2.80. The van der Waals surface area contributed by atoms with Crippen LogP contribution in [0.25, 0.3) is 5.69 Å². The Balaban J connectivity index is 1.74. The van der Waals surface area contributed by atoms with E-state index in [-0.39, 0.29) is 0 Å². The van der Waals surface area contributed by atoms with Gasteiger partial charge in [0.15, 0.2) is 0 Å². The van der Waals surface area contributed by atoms with E-state index in [0.29, 0.717) is 11.5 Å². The minimum Gasteiger partial charge on any atom is -0.308 e. The average Bonchev–Trinajstić information content (AvgIpc) is 3.00. The van der Waals surface area contributed by atoms with Gasteiger partial charge in [-0.1, -0.05) is 32.0 Å². The van der Waals surface area contributed by atoms with E-state index in [1.54, 1.807) is 0 Å². The van der Waals surface area contributed by atoms with E-state index in [9.17, 15) is 0 Å². The zero-order valence-corrected chi connectivity index (χ0v) is 13.6. The molecule has 21 heavy (non-hydrogen) atoms. The Morgan fingerprint density at radius 2 is 2.19 bits per heavy atom. The van der Waals surface area contributed by atoms with E-state index in [1.807, 2.05) is 23.1 Å². The van der Waals surface area contributed by atoms with Gasteiger partial charge in [-0.15, -0.1) is 0 Å². The minimum atomic E-state index is 0.381. The molecule has 1 aromatic heterocycles. The summed E-state index contributed by atoms with van der Waals surface area (Å²) in [5.74, 6) is 2.49. The average molecular weight is 301 g/mol. The van der Waals surface area contributed by atoms with Gasteiger partial charge in [0.05, 0.1) is 5.69 Å². The van der Waals surface area contributed by atoms with Crippen molar-refractivity contribution in [2.75, 3.05) is 11.5 Å². The molecule has 3 nitrogen and oxygen atoms in total. The van der Waals surface area contributed by atoms with Crippen molar-refractivity contribution < 1.29 is 0 Å². The highest BCUT2D eigenvalue weighted by molar-refractivity contribution is 7.99. The second kappa shape index (κ2) is 6.24. The van der Waals surface area contributed by atoms with Gasteiger partial charge in [0.2, 0.25) is 0 Å². The smallest absolute Gasteiger partial charge is 0.0690 e. The topological polar surface area (TPSA) is 29.9 Å². The van der Waals surface area contributed by atoms with Crippen LogP contribution in [0.3, 0.4) is 0 Å². The van der Waals surface area contributed by atoms with E-state index in [2.05, 4.69) is 60.3 Å². The van der Waals surface area contributed by atoms with Gasteiger partial charge in [0.25, 0.3) is 0 Å². The molecule has 1 unspecified atom stereocenters. The van der Waals surface area contributed by atoms with Crippen LogP contribution in [0, 0.1) is 5.41 Å². The fraction of sp³-hybridized carbons (Fsp3) is 0.471. The van der Waals surface area contributed by atoms with Crippen molar-refractivity contribution in [2.24, 2.45) is 5.41 Å². The van der Waals surface area contributed by atoms with E-state index in [1.165, 1.54) is 23.5 Å². The number of nitrogens with one attached hydrogen (secondary N) is 1. The van der Waals surface area contributed by atoms with Crippen molar-refractivity contribution >= 4 is 11.8 Å². The monoisotopic (exact) mass is 301 g/mol. The normalized spacial score (nSPS) is 21.3. The molecule has 1 atom stereocenters. The molecule has 112 valence electrons. The van der Waals surface area contributed by atoms with Crippen molar-refractivity contribution in [1.82, 2.24) is 15.1 Å². The number of thioether (sulfide) groups is 1. The lowest BCUT2D eigenvalue weighted by atomic mass is 9.82. The molecular weight excluding hydrogens is 278 g/mol. The molecule has 1 saturated heterocycles. The van der Waals surface area contributed by atoms with Gasteiger partial charge in [-0.25, -0.2) is 4.68 Å². The van der Waals surface area contributed by atoms with Crippen LogP contribution < -0.4 is 5.32 Å². The number of nitrogens with zero attached hydrogens (tertiary/aromatic N) is 2. The maximum absolute atomic E-state index is 4.36. The number of hydrogen-bond acceptors (Lipinski definition) is 3. The first kappa shape index (κ1) is 14.7. The summed E-state index contributed by atoms with van der Waals surface area (Å²) in [6, 6.07) is 11.0. The Kier molecular flexibility index (Phi) is 4.36. The first-order valence-corrected chi connectivity index (χ1v) is 8.71. The standard InChI is InChI=1S/C17H23N3S/c1-17(2)8-11-21-13-16(17)18-12-14-6-3-4-7-15(14)20-10-5-9-19-20/h3-7,9-10,16,18H,8,11-13H2,1-2H3. The molecular formula is C17H23N3S. The molecule has 0 spiro atoms. The second-order valence-corrected chi connectivity index (χ2v) is 7.48. The zero-order valence-electron chi connectivity index (χ0n) is 12.7. The Morgan fingerprint density at radius 3 is 2.95 bits per heavy atom. The Hall–Kier alpha value is -1.26. The molecule has 0 aliphatic carbocycles. The number of benzene rings is 1. The van der Waals surface area contributed by atoms with Crippen LogP contribution in [0.1, 0.15) is 25.8 Å². The maximum atomic E-state index is 4.36. The summed E-state index contributed by atoms with van der Waals surface area (Å²) in [5.41, 5.74) is 2.84. The number of para-hydroxylation sites is 1. The molecule has 0 amide bonds. The van der Waals surface area contributed by atoms with Gasteiger partial charge in [0, 0.05) is 30.7 Å². The minimum absolute atomic E-state index is 0.381. The van der Waals surface area contributed by atoms with E-state index >= 15 is 0 Å². The summed E-state index contributed by atoms with van der Waals surface area (Å²) >= 11 is 2.06. The van der Waals surface area contributed by atoms with Crippen LogP contribution in [-0.2, 0) is 6.54 Å². The Labute approximate surface area is 131 Å². The predicted molar refractivity (Wildman–Crippen MR) is 89.9 cm³/mol. The van der Waals surface area contributed by atoms with Gasteiger partial charge in [-0.2, -0.15) is 16.9 Å². The summed E-state index contributed by atoms with van der Waals surface area (Å²) in [5, 5.41) is 8.12. The largest absolute Gasteiger partial charge is 0.308 e. The third-order valence-corrected chi connectivity index (χ3v) is 5.46. The maximum Gasteiger partial charge on any atom is 0.0690 e. The van der Waals surface area contributed by atoms with Crippen LogP contribution in [0.5, 0.6) is 0 Å². The summed E-state index contributed by atoms with van der Waals surface area (Å²) in [7, 11) is 0. The van der Waals surface area contributed by atoms with Crippen LogP contribution >= 0.6 is 11.8 Å². The molecule has 0 radical (unpaired) electrons. The Morgan fingerprint density at radius 1 is 1.33 bits per heavy atom. The van der Waals surface area contributed by atoms with Crippen molar-refractivity contribution in [3.05, 3.63) is 48.3 Å². The van der Waals surface area contributed by atoms with Gasteiger partial charge in [-0.05, 0) is 35.3 Å². The lowest BCUT2D eigenvalue weighted by molar-refractivity contribution is 0.245. The highest BCUT2D eigenvalue weighted by Crippen LogP contribution is 2.34. The van der Waals surface area contributed by atoms with Crippen molar-refractivity contribution in [3.63, 3.8) is 0 Å². The molecule has 1 aliphatic heterocycles. The third kappa shape index (κ3) is 3.33. The first-order valence-electron chi connectivity index (χ1n) is 7.56. The zero-order chi connectivity index (χ0) is 14.7. The lowest BCUT2D eigenvalue weighted by Gasteiger charge is -2.39. The number of hydrogen-bond donors (Lipinski definition) is 1. The van der Waals surface area contributed by atoms with Crippen LogP contribution in [-0.4, -0.2) is 27.3 Å². The molecule has 2 heterocycles. The number of aromatic nitrogens is 2. The molecule has 3 rings (SSSR count). The third-order valence-electron chi connectivity index (χ3n) is 4.40. The van der Waals surface area contributed by atoms with Crippen molar-refractivity contribution in [2.45, 2.75) is 32.9 Å². The van der Waals surface area contributed by atoms with Gasteiger partial charge in [-0.3, -0.25) is 0 Å². The summed E-state index contributed by atoms with van der Waals surface area (Å²) in [6.07, 6.45) is 5.11. The first-order chi connectivity index (χ1) is 10.2. The lowest BCUT2D eigenvalue weighted by Crippen LogP contribution is -2.46. The molecule has 1 N–H and O–H groups in total. The Bertz CT molecular complexity index is 577. The van der Waals surface area contributed by atoms with E-state index in [4.69, 9.17) is 0 Å². The molecule has 1 aromatic carbocycles. The quantitative estimate of drug-likeness (QED) is 0.937. The van der Waals surface area contributed by atoms with Crippen molar-refractivity contribution in [1.29, 1.82) is 0 Å². The fourth-order valence-corrected chi connectivity index (χ4v) is 4.44. The molecule has 2 aromatic rings. The summed E-state index contributed by atoms with van der Waals surface area (Å²) < 4.78 is 1.94. The van der Waals surface area contributed by atoms with Crippen LogP contribution in [0.2, 0.25) is 0 Å². The molecule has 1 fully saturated rings. The molecule has 4 heteroatoms. The molecule has 0 bridgehead atoms. The highest BCUT2D eigenvalue weighted by Gasteiger charge is 2.32. The highest BCUT2D eigenvalue weighted by atomic mass is 32.2. The van der Waals surface area contributed by atoms with Crippen LogP contribution in [0.15, 0.2) is 42.7 Å². The van der Waals surface area contributed by atoms with Crippen molar-refractivity contribution in [3.8, 4) is 5.69 Å². The van der Waals surface area contributed by atoms with Crippen LogP contribution in [0.4, 0.5) is 0 Å². The van der Waals surface area contributed by atoms with Gasteiger partial charge >= 0.3 is 0 Å². The SMILES string of the molecule is CC1(C)CCSCC1NCc1ccccc1-n1cccn1. The summed E-state index contributed by atoms with van der Waals surface area (Å²) in [4.78, 5) is 0. The van der Waals surface area contributed by atoms with E-state index < -0.39 is 0 Å². The van der Waals surface area contributed by atoms with E-state index in [0.717, 1.165) is 12.2 Å². The molecule has 1 aliphatic rings. The predicted octanol–water partition coefficient (Wildman–Crippen LogP) is 3.49. The second-order valence-electron chi connectivity index (χ2n) is 6.33. The molecule has 0 saturated carbocycles. The number of rotatable bonds is 4. The van der Waals surface area contributed by atoms with Gasteiger partial charge in [0.1, 0.15) is 0 Å². The van der Waals surface area contributed by atoms with Gasteiger partial charge < -0.3 is 5.32 Å². The summed E-state index contributed by atoms with van der Waals surface area (Å²) in [6.45, 7) is 5.65.